The van der Waals surface area contributed by atoms with Crippen molar-refractivity contribution < 1.29 is 13.0 Å². The van der Waals surface area contributed by atoms with Gasteiger partial charge in [-0.15, -0.1) is 6.58 Å². The number of rotatable bonds is 2. The lowest BCUT2D eigenvalue weighted by Crippen LogP contribution is -1.99. The second kappa shape index (κ2) is 6.85. The molecule has 0 atom stereocenters. The van der Waals surface area contributed by atoms with Crippen molar-refractivity contribution >= 4 is 33.3 Å². The Labute approximate surface area is 99.1 Å². The fourth-order valence-electron chi connectivity index (χ4n) is 0.609. The molecule has 1 N–H and O–H groups in total. The van der Waals surface area contributed by atoms with Crippen LogP contribution in [0.3, 0.4) is 0 Å². The van der Waals surface area contributed by atoms with Crippen LogP contribution in [0.25, 0.3) is 0 Å². The van der Waals surface area contributed by atoms with E-state index in [9.17, 15) is 8.42 Å². The summed E-state index contributed by atoms with van der Waals surface area (Å²) in [4.78, 5) is 0. The molecule has 0 bridgehead atoms. The van der Waals surface area contributed by atoms with Gasteiger partial charge in [-0.25, -0.2) is 0 Å². The standard InChI is InChI=1S/C6H4Cl2.C3H6O3S/c7-5-2-1-3-6(8)4-5;1-2-3-7(4,5)6/h1-4H;2H,1,3H2,(H,4,5,6). The molecular weight excluding hydrogens is 259 g/mol. The quantitative estimate of drug-likeness (QED) is 0.663. The second-order valence-electron chi connectivity index (χ2n) is 2.48. The Morgan fingerprint density at radius 2 is 1.80 bits per heavy atom. The topological polar surface area (TPSA) is 54.4 Å². The number of benzene rings is 1. The summed E-state index contributed by atoms with van der Waals surface area (Å²) in [5.74, 6) is -0.368. The Hall–Kier alpha value is -0.550. The van der Waals surface area contributed by atoms with Gasteiger partial charge in [0.1, 0.15) is 0 Å². The van der Waals surface area contributed by atoms with Gasteiger partial charge >= 0.3 is 0 Å². The van der Waals surface area contributed by atoms with Crippen LogP contribution in [-0.2, 0) is 10.1 Å². The lowest BCUT2D eigenvalue weighted by atomic mass is 10.4. The Bertz CT molecular complexity index is 398. The van der Waals surface area contributed by atoms with Crippen LogP contribution in [0.4, 0.5) is 0 Å². The third kappa shape index (κ3) is 9.75. The zero-order chi connectivity index (χ0) is 11.9. The van der Waals surface area contributed by atoms with Crippen LogP contribution in [0.5, 0.6) is 0 Å². The molecule has 0 radical (unpaired) electrons. The van der Waals surface area contributed by atoms with E-state index in [1.807, 2.05) is 6.07 Å². The van der Waals surface area contributed by atoms with Crippen molar-refractivity contribution in [3.8, 4) is 0 Å². The first kappa shape index (κ1) is 14.5. The van der Waals surface area contributed by atoms with Crippen LogP contribution < -0.4 is 0 Å². The lowest BCUT2D eigenvalue weighted by Gasteiger charge is -1.86. The maximum absolute atomic E-state index is 9.72. The number of hydrogen-bond acceptors (Lipinski definition) is 2. The molecule has 15 heavy (non-hydrogen) atoms. The molecule has 0 saturated heterocycles. The van der Waals surface area contributed by atoms with Crippen molar-refractivity contribution in [2.24, 2.45) is 0 Å². The highest BCUT2D eigenvalue weighted by Crippen LogP contribution is 2.13. The van der Waals surface area contributed by atoms with E-state index in [4.69, 9.17) is 27.8 Å². The minimum absolute atomic E-state index is 0.368. The molecule has 0 aromatic heterocycles. The molecule has 0 heterocycles. The minimum atomic E-state index is -3.79. The van der Waals surface area contributed by atoms with Gasteiger partial charge in [-0.1, -0.05) is 35.3 Å². The minimum Gasteiger partial charge on any atom is -0.285 e. The fourth-order valence-corrected chi connectivity index (χ4v) is 1.34. The third-order valence-electron chi connectivity index (χ3n) is 1.12. The van der Waals surface area contributed by atoms with Crippen LogP contribution in [-0.4, -0.2) is 18.7 Å². The van der Waals surface area contributed by atoms with Gasteiger partial charge in [-0.2, -0.15) is 8.42 Å². The Morgan fingerprint density at radius 3 is 1.93 bits per heavy atom. The Kier molecular flexibility index (Phi) is 6.60. The molecule has 0 amide bonds. The highest BCUT2D eigenvalue weighted by molar-refractivity contribution is 7.85. The molecule has 84 valence electrons. The molecule has 0 aliphatic carbocycles. The van der Waals surface area contributed by atoms with Crippen LogP contribution >= 0.6 is 23.2 Å². The second-order valence-corrected chi connectivity index (χ2v) is 4.85. The molecular formula is C9H10Cl2O3S. The molecule has 3 nitrogen and oxygen atoms in total. The van der Waals surface area contributed by atoms with Crippen LogP contribution in [0, 0.1) is 0 Å². The normalized spacial score (nSPS) is 10.1. The van der Waals surface area contributed by atoms with Crippen molar-refractivity contribution in [3.63, 3.8) is 0 Å². The summed E-state index contributed by atoms with van der Waals surface area (Å²) in [6, 6.07) is 7.08. The van der Waals surface area contributed by atoms with Gasteiger partial charge in [0, 0.05) is 10.0 Å². The van der Waals surface area contributed by atoms with E-state index in [0.29, 0.717) is 10.0 Å². The summed E-state index contributed by atoms with van der Waals surface area (Å²) in [7, 11) is -3.79. The Balaban J connectivity index is 0.000000265. The van der Waals surface area contributed by atoms with Crippen LogP contribution in [0.2, 0.25) is 10.0 Å². The summed E-state index contributed by atoms with van der Waals surface area (Å²) < 4.78 is 27.3. The zero-order valence-electron chi connectivity index (χ0n) is 7.73. The monoisotopic (exact) mass is 268 g/mol. The summed E-state index contributed by atoms with van der Waals surface area (Å²) in [5.41, 5.74) is 0. The van der Waals surface area contributed by atoms with Gasteiger partial charge in [0.25, 0.3) is 10.1 Å². The van der Waals surface area contributed by atoms with Gasteiger partial charge < -0.3 is 0 Å². The summed E-state index contributed by atoms with van der Waals surface area (Å²) >= 11 is 11.1. The van der Waals surface area contributed by atoms with Crippen molar-refractivity contribution in [2.75, 3.05) is 5.75 Å². The molecule has 1 aromatic carbocycles. The molecule has 0 aliphatic rings. The maximum Gasteiger partial charge on any atom is 0.268 e. The molecule has 0 aliphatic heterocycles. The average Bonchev–Trinajstić information content (AvgIpc) is 2.01. The van der Waals surface area contributed by atoms with Gasteiger partial charge in [-0.3, -0.25) is 4.55 Å². The van der Waals surface area contributed by atoms with E-state index in [0.717, 1.165) is 6.08 Å². The smallest absolute Gasteiger partial charge is 0.268 e. The molecule has 1 aromatic rings. The number of halogens is 2. The highest BCUT2D eigenvalue weighted by Gasteiger charge is 1.95. The van der Waals surface area contributed by atoms with E-state index < -0.39 is 10.1 Å². The summed E-state index contributed by atoms with van der Waals surface area (Å²) in [6.45, 7) is 3.11. The first-order valence-corrected chi connectivity index (χ1v) is 6.19. The van der Waals surface area contributed by atoms with Gasteiger partial charge in [0.15, 0.2) is 0 Å². The van der Waals surface area contributed by atoms with Crippen molar-refractivity contribution in [2.45, 2.75) is 0 Å². The predicted octanol–water partition coefficient (Wildman–Crippen LogP) is 3.05. The van der Waals surface area contributed by atoms with E-state index in [2.05, 4.69) is 6.58 Å². The van der Waals surface area contributed by atoms with E-state index in [1.54, 1.807) is 18.2 Å². The van der Waals surface area contributed by atoms with Crippen molar-refractivity contribution in [1.29, 1.82) is 0 Å². The maximum atomic E-state index is 9.72. The van der Waals surface area contributed by atoms with E-state index in [-0.39, 0.29) is 5.75 Å². The van der Waals surface area contributed by atoms with Crippen LogP contribution in [0.1, 0.15) is 0 Å². The van der Waals surface area contributed by atoms with Gasteiger partial charge in [0.2, 0.25) is 0 Å². The highest BCUT2D eigenvalue weighted by atomic mass is 35.5. The number of hydrogen-bond donors (Lipinski definition) is 1. The van der Waals surface area contributed by atoms with Gasteiger partial charge in [-0.05, 0) is 18.2 Å². The SMILES string of the molecule is C=CCS(=O)(=O)O.Clc1cccc(Cl)c1. The van der Waals surface area contributed by atoms with E-state index >= 15 is 0 Å². The molecule has 0 unspecified atom stereocenters. The third-order valence-corrected chi connectivity index (χ3v) is 2.24. The molecule has 0 fully saturated rings. The van der Waals surface area contributed by atoms with E-state index in [1.165, 1.54) is 0 Å². The Morgan fingerprint density at radius 1 is 1.33 bits per heavy atom. The molecule has 1 rings (SSSR count). The van der Waals surface area contributed by atoms with Crippen molar-refractivity contribution in [1.82, 2.24) is 0 Å². The summed E-state index contributed by atoms with van der Waals surface area (Å²) in [5, 5.41) is 1.36. The molecule has 0 spiro atoms. The zero-order valence-corrected chi connectivity index (χ0v) is 10.1. The first-order valence-electron chi connectivity index (χ1n) is 3.82. The molecule has 6 heteroatoms. The first-order chi connectivity index (χ1) is 6.85. The average molecular weight is 269 g/mol. The van der Waals surface area contributed by atoms with Crippen LogP contribution in [0.15, 0.2) is 36.9 Å². The van der Waals surface area contributed by atoms with Gasteiger partial charge in [0.05, 0.1) is 5.75 Å². The summed E-state index contributed by atoms with van der Waals surface area (Å²) in [6.07, 6.45) is 1.12. The largest absolute Gasteiger partial charge is 0.285 e. The molecule has 0 saturated carbocycles. The van der Waals surface area contributed by atoms with Crippen molar-refractivity contribution in [3.05, 3.63) is 47.0 Å². The fraction of sp³-hybridized carbons (Fsp3) is 0.111. The lowest BCUT2D eigenvalue weighted by molar-refractivity contribution is 0.487. The predicted molar refractivity (Wildman–Crippen MR) is 63.1 cm³/mol.